The van der Waals surface area contributed by atoms with Crippen molar-refractivity contribution in [3.05, 3.63) is 59.2 Å². The second kappa shape index (κ2) is 11.6. The van der Waals surface area contributed by atoms with Crippen LogP contribution in [0.3, 0.4) is 0 Å². The van der Waals surface area contributed by atoms with Crippen LogP contribution in [0.4, 0.5) is 0 Å². The van der Waals surface area contributed by atoms with Gasteiger partial charge in [0, 0.05) is 17.5 Å². The van der Waals surface area contributed by atoms with Gasteiger partial charge in [-0.15, -0.1) is 0 Å². The lowest BCUT2D eigenvalue weighted by Gasteiger charge is -2.22. The number of aliphatic carboxylic acids is 1. The van der Waals surface area contributed by atoms with Gasteiger partial charge in [0.1, 0.15) is 5.54 Å². The predicted octanol–water partition coefficient (Wildman–Crippen LogP) is 5.45. The summed E-state index contributed by atoms with van der Waals surface area (Å²) in [6.07, 6.45) is 11.1. The maximum Gasteiger partial charge on any atom is 0.329 e. The van der Waals surface area contributed by atoms with E-state index in [0.717, 1.165) is 41.8 Å². The highest BCUT2D eigenvalue weighted by atomic mass is 32.2. The zero-order valence-corrected chi connectivity index (χ0v) is 21.8. The van der Waals surface area contributed by atoms with Gasteiger partial charge in [0.15, 0.2) is 0 Å². The molecule has 0 spiro atoms. The lowest BCUT2D eigenvalue weighted by Crippen LogP contribution is -2.45. The van der Waals surface area contributed by atoms with Crippen molar-refractivity contribution < 1.29 is 14.7 Å². The number of nitrogens with one attached hydrogen (secondary N) is 2. The second-order valence-corrected chi connectivity index (χ2v) is 11.1. The van der Waals surface area contributed by atoms with Crippen molar-refractivity contribution in [3.63, 3.8) is 0 Å². The quantitative estimate of drug-likeness (QED) is 0.362. The van der Waals surface area contributed by atoms with E-state index >= 15 is 0 Å². The van der Waals surface area contributed by atoms with Crippen molar-refractivity contribution in [2.24, 2.45) is 5.92 Å². The van der Waals surface area contributed by atoms with Gasteiger partial charge in [-0.3, -0.25) is 4.79 Å². The first kappa shape index (κ1) is 25.8. The molecule has 4 rings (SSSR count). The molecule has 0 saturated heterocycles. The predicted molar refractivity (Wildman–Crippen MR) is 144 cm³/mol. The molecule has 2 saturated carbocycles. The van der Waals surface area contributed by atoms with Crippen molar-refractivity contribution in [1.29, 1.82) is 0 Å². The molecular weight excluding hydrogens is 456 g/mol. The first-order valence-corrected chi connectivity index (χ1v) is 14.3. The minimum absolute atomic E-state index is 0.0307. The number of carboxylic acids is 1. The Kier molecular flexibility index (Phi) is 8.55. The fraction of sp³-hybridized carbons (Fsp3) is 0.517. The largest absolute Gasteiger partial charge is 0.479 e. The van der Waals surface area contributed by atoms with Crippen LogP contribution in [0.15, 0.2) is 42.5 Å². The average Bonchev–Trinajstić information content (AvgIpc) is 3.56. The Morgan fingerprint density at radius 1 is 1.09 bits per heavy atom. The van der Waals surface area contributed by atoms with E-state index in [9.17, 15) is 14.7 Å². The van der Waals surface area contributed by atoms with Gasteiger partial charge >= 0.3 is 5.97 Å². The molecular formula is C29H38N2O3S. The molecule has 5 nitrogen and oxygen atoms in total. The monoisotopic (exact) mass is 494 g/mol. The Balaban J connectivity index is 1.51. The van der Waals surface area contributed by atoms with Crippen molar-refractivity contribution in [2.45, 2.75) is 69.9 Å². The fourth-order valence-corrected chi connectivity index (χ4v) is 6.22. The number of aryl methyl sites for hydroxylation is 2. The molecule has 0 heterocycles. The molecule has 0 aromatic heterocycles. The molecule has 35 heavy (non-hydrogen) atoms. The Morgan fingerprint density at radius 3 is 2.57 bits per heavy atom. The Morgan fingerprint density at radius 2 is 1.86 bits per heavy atom. The number of carbonyl (C=O) groups excluding carboxylic acids is 1. The standard InChI is InChI=1S/C29H38N2O3S/c1-20-9-6-7-13-24(20)26-17-21(10-8-16-30-23-11-4-3-5-12-23)14-15-25(26)27(32)31-29(28(33)34)18-22(29)19-35-2/h6-7,9,13-15,17,22-23,30H,3-5,8,10-12,16,18-19H2,1-2H3,(H,31,32)(H,33,34)/t22?,29-/m1/s1. The molecule has 0 bridgehead atoms. The van der Waals surface area contributed by atoms with Gasteiger partial charge in [0.2, 0.25) is 0 Å². The van der Waals surface area contributed by atoms with Crippen LogP contribution in [-0.2, 0) is 11.2 Å². The highest BCUT2D eigenvalue weighted by molar-refractivity contribution is 7.98. The van der Waals surface area contributed by atoms with Crippen LogP contribution in [0.25, 0.3) is 11.1 Å². The number of hydrogen-bond donors (Lipinski definition) is 3. The highest BCUT2D eigenvalue weighted by Crippen LogP contribution is 2.46. The molecule has 1 amide bonds. The first-order valence-electron chi connectivity index (χ1n) is 12.9. The summed E-state index contributed by atoms with van der Waals surface area (Å²) in [5.41, 5.74) is 3.58. The summed E-state index contributed by atoms with van der Waals surface area (Å²) in [4.78, 5) is 25.4. The first-order chi connectivity index (χ1) is 16.9. The molecule has 0 aliphatic heterocycles. The molecule has 2 aliphatic carbocycles. The average molecular weight is 495 g/mol. The SMILES string of the molecule is CSCC1C[C@]1(NC(=O)c1ccc(CCCNC2CCCCC2)cc1-c1ccccc1C)C(=O)O. The minimum Gasteiger partial charge on any atom is -0.479 e. The molecule has 3 N–H and O–H groups in total. The Labute approximate surface area is 213 Å². The maximum atomic E-state index is 13.4. The number of hydrogen-bond acceptors (Lipinski definition) is 4. The van der Waals surface area contributed by atoms with Crippen LogP contribution in [0, 0.1) is 12.8 Å². The molecule has 2 aromatic rings. The third-order valence-corrected chi connectivity index (χ3v) is 8.37. The molecule has 2 aromatic carbocycles. The summed E-state index contributed by atoms with van der Waals surface area (Å²) in [7, 11) is 0. The van der Waals surface area contributed by atoms with Crippen LogP contribution in [0.2, 0.25) is 0 Å². The van der Waals surface area contributed by atoms with Crippen LogP contribution < -0.4 is 10.6 Å². The lowest BCUT2D eigenvalue weighted by atomic mass is 9.92. The van der Waals surface area contributed by atoms with Crippen molar-refractivity contribution in [1.82, 2.24) is 10.6 Å². The summed E-state index contributed by atoms with van der Waals surface area (Å²) >= 11 is 1.62. The van der Waals surface area contributed by atoms with E-state index in [1.807, 2.05) is 49.6 Å². The molecule has 2 aliphatic rings. The van der Waals surface area contributed by atoms with Gasteiger partial charge < -0.3 is 15.7 Å². The number of rotatable bonds is 11. The number of amides is 1. The summed E-state index contributed by atoms with van der Waals surface area (Å²) in [5, 5.41) is 16.5. The third-order valence-electron chi connectivity index (χ3n) is 7.64. The zero-order valence-electron chi connectivity index (χ0n) is 20.9. The van der Waals surface area contributed by atoms with Gasteiger partial charge in [-0.25, -0.2) is 4.79 Å². The highest BCUT2D eigenvalue weighted by Gasteiger charge is 2.61. The normalized spacial score (nSPS) is 22.1. The van der Waals surface area contributed by atoms with E-state index in [1.165, 1.54) is 37.7 Å². The number of thioether (sulfide) groups is 1. The van der Waals surface area contributed by atoms with E-state index in [4.69, 9.17) is 0 Å². The van der Waals surface area contributed by atoms with Gasteiger partial charge in [0.05, 0.1) is 0 Å². The van der Waals surface area contributed by atoms with Crippen molar-refractivity contribution in [3.8, 4) is 11.1 Å². The lowest BCUT2D eigenvalue weighted by molar-refractivity contribution is -0.140. The minimum atomic E-state index is -1.15. The van der Waals surface area contributed by atoms with Gasteiger partial charge in [0.25, 0.3) is 5.91 Å². The topological polar surface area (TPSA) is 78.4 Å². The van der Waals surface area contributed by atoms with E-state index in [-0.39, 0.29) is 11.8 Å². The smallest absolute Gasteiger partial charge is 0.329 e. The van der Waals surface area contributed by atoms with E-state index < -0.39 is 11.5 Å². The Bertz CT molecular complexity index is 1050. The van der Waals surface area contributed by atoms with E-state index in [0.29, 0.717) is 18.0 Å². The molecule has 0 radical (unpaired) electrons. The summed E-state index contributed by atoms with van der Waals surface area (Å²) in [6.45, 7) is 3.05. The van der Waals surface area contributed by atoms with Crippen LogP contribution >= 0.6 is 11.8 Å². The Hall–Kier alpha value is -2.31. The number of carboxylic acid groups (broad SMARTS) is 1. The molecule has 6 heteroatoms. The summed E-state index contributed by atoms with van der Waals surface area (Å²) in [5.74, 6) is -0.550. The van der Waals surface area contributed by atoms with E-state index in [2.05, 4.69) is 16.7 Å². The van der Waals surface area contributed by atoms with Gasteiger partial charge in [-0.1, -0.05) is 55.7 Å². The van der Waals surface area contributed by atoms with E-state index in [1.54, 1.807) is 11.8 Å². The van der Waals surface area contributed by atoms with Crippen LogP contribution in [0.5, 0.6) is 0 Å². The maximum absolute atomic E-state index is 13.4. The number of benzene rings is 2. The summed E-state index contributed by atoms with van der Waals surface area (Å²) in [6, 6.07) is 14.8. The molecule has 2 atom stereocenters. The van der Waals surface area contributed by atoms with Crippen molar-refractivity contribution >= 4 is 23.6 Å². The fourth-order valence-electron chi connectivity index (χ4n) is 5.42. The summed E-state index contributed by atoms with van der Waals surface area (Å²) < 4.78 is 0. The zero-order chi connectivity index (χ0) is 24.8. The number of carbonyl (C=O) groups is 2. The van der Waals surface area contributed by atoms with Gasteiger partial charge in [-0.05, 0) is 85.9 Å². The molecule has 1 unspecified atom stereocenters. The van der Waals surface area contributed by atoms with Crippen LogP contribution in [0.1, 0.15) is 66.4 Å². The second-order valence-electron chi connectivity index (χ2n) is 10.2. The molecule has 188 valence electrons. The van der Waals surface area contributed by atoms with Crippen molar-refractivity contribution in [2.75, 3.05) is 18.6 Å². The molecule has 2 fully saturated rings. The van der Waals surface area contributed by atoms with Crippen LogP contribution in [-0.4, -0.2) is 47.1 Å². The third kappa shape index (κ3) is 6.10. The van der Waals surface area contributed by atoms with Gasteiger partial charge in [-0.2, -0.15) is 11.8 Å².